The fraction of sp³-hybridized carbons (Fsp3) is 0.522. The fourth-order valence-electron chi connectivity index (χ4n) is 3.94. The molecule has 1 aliphatic rings. The largest absolute Gasteiger partial charge is 0.489 e. The molecule has 12 heteroatoms. The van der Waals surface area contributed by atoms with Crippen molar-refractivity contribution in [1.82, 2.24) is 29.7 Å². The zero-order valence-corrected chi connectivity index (χ0v) is 21.3. The van der Waals surface area contributed by atoms with E-state index < -0.39 is 21.2 Å². The number of rotatable bonds is 9. The van der Waals surface area contributed by atoms with Gasteiger partial charge < -0.3 is 14.2 Å². The number of ether oxygens (including phenoxy) is 3. The van der Waals surface area contributed by atoms with Crippen LogP contribution in [-0.4, -0.2) is 69.8 Å². The number of sulfone groups is 1. The molecule has 4 heterocycles. The van der Waals surface area contributed by atoms with E-state index in [4.69, 9.17) is 14.2 Å². The molecule has 0 spiro atoms. The molecule has 0 unspecified atom stereocenters. The molecule has 0 saturated heterocycles. The maximum atomic E-state index is 13.6. The van der Waals surface area contributed by atoms with Crippen LogP contribution in [0.25, 0.3) is 11.5 Å². The lowest BCUT2D eigenvalue weighted by Gasteiger charge is -2.25. The molecule has 0 N–H and O–H groups in total. The number of fused-ring (bicyclic) bond motifs is 3. The van der Waals surface area contributed by atoms with Gasteiger partial charge in [-0.2, -0.15) is 0 Å². The van der Waals surface area contributed by atoms with Crippen molar-refractivity contribution in [2.45, 2.75) is 56.9 Å². The van der Waals surface area contributed by atoms with Crippen LogP contribution in [0.2, 0.25) is 0 Å². The van der Waals surface area contributed by atoms with E-state index in [1.807, 2.05) is 20.8 Å². The Morgan fingerprint density at radius 3 is 2.60 bits per heavy atom. The molecule has 0 amide bonds. The van der Waals surface area contributed by atoms with E-state index in [0.717, 1.165) is 5.56 Å². The van der Waals surface area contributed by atoms with Crippen molar-refractivity contribution < 1.29 is 22.6 Å². The summed E-state index contributed by atoms with van der Waals surface area (Å²) in [7, 11) is -2.20. The second-order valence-corrected chi connectivity index (χ2v) is 11.2. The molecule has 1 aliphatic heterocycles. The molecule has 11 nitrogen and oxygen atoms in total. The molecule has 4 rings (SSSR count). The van der Waals surface area contributed by atoms with Gasteiger partial charge in [0, 0.05) is 25.7 Å². The number of nitrogens with zero attached hydrogens (tertiary/aromatic N) is 6. The van der Waals surface area contributed by atoms with Crippen LogP contribution in [0.4, 0.5) is 0 Å². The van der Waals surface area contributed by atoms with Gasteiger partial charge in [-0.3, -0.25) is 4.57 Å². The first kappa shape index (κ1) is 25.1. The Balaban J connectivity index is 1.70. The molecule has 0 radical (unpaired) electrons. The summed E-state index contributed by atoms with van der Waals surface area (Å²) in [5.41, 5.74) is 1.38. The standard InChI is InChI=1S/C23H30N6O5S/c1-14(2)34-21(22-25-9-15(3)10-26-22)16(4)35(30,31)13-19-27-28-23-20-18(7-6-8-24-20)33-12-17(11-32-5)29(19)23/h6-10,14,16-17,21H,11-13H2,1-5H3/t16-,17-,21+/m0/s1. The number of hydrogen-bond donors (Lipinski definition) is 0. The fourth-order valence-corrected chi connectivity index (χ4v) is 5.32. The summed E-state index contributed by atoms with van der Waals surface area (Å²) in [6.07, 6.45) is 3.86. The number of aromatic nitrogens is 6. The van der Waals surface area contributed by atoms with E-state index in [9.17, 15) is 8.42 Å². The van der Waals surface area contributed by atoms with Crippen molar-refractivity contribution in [3.05, 3.63) is 47.9 Å². The van der Waals surface area contributed by atoms with Crippen molar-refractivity contribution in [2.75, 3.05) is 20.3 Å². The Morgan fingerprint density at radius 2 is 1.91 bits per heavy atom. The van der Waals surface area contributed by atoms with E-state index in [-0.39, 0.29) is 36.9 Å². The highest BCUT2D eigenvalue weighted by molar-refractivity contribution is 7.91. The van der Waals surface area contributed by atoms with Crippen LogP contribution in [0.5, 0.6) is 5.75 Å². The second-order valence-electron chi connectivity index (χ2n) is 8.82. The lowest BCUT2D eigenvalue weighted by molar-refractivity contribution is 0.00140. The summed E-state index contributed by atoms with van der Waals surface area (Å²) in [5.74, 6) is 1.25. The molecule has 3 aromatic heterocycles. The Hall–Kier alpha value is -2.96. The van der Waals surface area contributed by atoms with Crippen LogP contribution in [-0.2, 0) is 25.1 Å². The van der Waals surface area contributed by atoms with Gasteiger partial charge in [0.25, 0.3) is 0 Å². The highest BCUT2D eigenvalue weighted by Gasteiger charge is 2.37. The number of methoxy groups -OCH3 is 1. The quantitative estimate of drug-likeness (QED) is 0.430. The van der Waals surface area contributed by atoms with Crippen LogP contribution in [0.3, 0.4) is 0 Å². The van der Waals surface area contributed by atoms with E-state index in [1.54, 1.807) is 49.3 Å². The third-order valence-electron chi connectivity index (χ3n) is 5.70. The number of aryl methyl sites for hydroxylation is 1. The molecule has 188 valence electrons. The third kappa shape index (κ3) is 5.34. The molecule has 0 aliphatic carbocycles. The second kappa shape index (κ2) is 10.3. The first-order valence-electron chi connectivity index (χ1n) is 11.4. The van der Waals surface area contributed by atoms with Gasteiger partial charge >= 0.3 is 0 Å². The zero-order valence-electron chi connectivity index (χ0n) is 20.5. The maximum Gasteiger partial charge on any atom is 0.186 e. The lowest BCUT2D eigenvalue weighted by Crippen LogP contribution is -2.32. The van der Waals surface area contributed by atoms with Crippen molar-refractivity contribution in [1.29, 1.82) is 0 Å². The van der Waals surface area contributed by atoms with E-state index >= 15 is 0 Å². The van der Waals surface area contributed by atoms with Crippen molar-refractivity contribution in [2.24, 2.45) is 0 Å². The van der Waals surface area contributed by atoms with Crippen LogP contribution in [0, 0.1) is 6.92 Å². The molecule has 0 saturated carbocycles. The minimum absolute atomic E-state index is 0.224. The highest BCUT2D eigenvalue weighted by Crippen LogP contribution is 2.34. The van der Waals surface area contributed by atoms with Gasteiger partial charge in [-0.15, -0.1) is 10.2 Å². The normalized spacial score (nSPS) is 17.3. The Morgan fingerprint density at radius 1 is 1.17 bits per heavy atom. The molecule has 0 bridgehead atoms. The van der Waals surface area contributed by atoms with Crippen LogP contribution in [0.1, 0.15) is 50.1 Å². The SMILES string of the molecule is COC[C@H]1COc2cccnc2-c2nnc(CS(=O)(=O)[C@@H](C)[C@@H](OC(C)C)c3ncc(C)cn3)n21. The average molecular weight is 503 g/mol. The van der Waals surface area contributed by atoms with Crippen LogP contribution in [0.15, 0.2) is 30.7 Å². The average Bonchev–Trinajstić information content (AvgIpc) is 3.15. The van der Waals surface area contributed by atoms with Crippen molar-refractivity contribution in [3.63, 3.8) is 0 Å². The topological polar surface area (TPSA) is 131 Å². The predicted octanol–water partition coefficient (Wildman–Crippen LogP) is 2.49. The van der Waals surface area contributed by atoms with Gasteiger partial charge in [-0.1, -0.05) is 0 Å². The van der Waals surface area contributed by atoms with Crippen LogP contribution < -0.4 is 4.74 Å². The number of pyridine rings is 1. The molecule has 35 heavy (non-hydrogen) atoms. The van der Waals surface area contributed by atoms with Gasteiger partial charge in [-0.05, 0) is 45.4 Å². The molecular formula is C23H30N6O5S. The first-order valence-corrected chi connectivity index (χ1v) is 13.1. The molecular weight excluding hydrogens is 472 g/mol. The third-order valence-corrected chi connectivity index (χ3v) is 7.74. The summed E-state index contributed by atoms with van der Waals surface area (Å²) >= 11 is 0. The number of hydrogen-bond acceptors (Lipinski definition) is 10. The molecule has 3 atom stereocenters. The van der Waals surface area contributed by atoms with E-state index in [2.05, 4.69) is 25.1 Å². The van der Waals surface area contributed by atoms with E-state index in [1.165, 1.54) is 0 Å². The van der Waals surface area contributed by atoms with Crippen LogP contribution >= 0.6 is 0 Å². The zero-order chi connectivity index (χ0) is 25.2. The van der Waals surface area contributed by atoms with Crippen molar-refractivity contribution in [3.8, 4) is 17.3 Å². The minimum atomic E-state index is -3.78. The minimum Gasteiger partial charge on any atom is -0.489 e. The summed E-state index contributed by atoms with van der Waals surface area (Å²) < 4.78 is 46.3. The van der Waals surface area contributed by atoms with Gasteiger partial charge in [-0.25, -0.2) is 23.4 Å². The first-order chi connectivity index (χ1) is 16.7. The van der Waals surface area contributed by atoms with Gasteiger partial charge in [0.1, 0.15) is 35.7 Å². The highest BCUT2D eigenvalue weighted by atomic mass is 32.2. The monoisotopic (exact) mass is 502 g/mol. The summed E-state index contributed by atoms with van der Waals surface area (Å²) in [5, 5.41) is 7.61. The smallest absolute Gasteiger partial charge is 0.186 e. The van der Waals surface area contributed by atoms with Gasteiger partial charge in [0.2, 0.25) is 0 Å². The Labute approximate surface area is 204 Å². The summed E-state index contributed by atoms with van der Waals surface area (Å²) in [6, 6.07) is 3.23. The lowest BCUT2D eigenvalue weighted by atomic mass is 10.2. The van der Waals surface area contributed by atoms with E-state index in [0.29, 0.717) is 23.1 Å². The van der Waals surface area contributed by atoms with Gasteiger partial charge in [0.15, 0.2) is 21.5 Å². The Bertz CT molecular complexity index is 1260. The summed E-state index contributed by atoms with van der Waals surface area (Å²) in [4.78, 5) is 13.1. The Kier molecular flexibility index (Phi) is 7.43. The summed E-state index contributed by atoms with van der Waals surface area (Å²) in [6.45, 7) is 7.72. The van der Waals surface area contributed by atoms with Crippen molar-refractivity contribution >= 4 is 9.84 Å². The molecule has 0 aromatic carbocycles. The molecule has 3 aromatic rings. The maximum absolute atomic E-state index is 13.6. The molecule has 0 fully saturated rings. The van der Waals surface area contributed by atoms with Gasteiger partial charge in [0.05, 0.1) is 24.0 Å². The predicted molar refractivity (Wildman–Crippen MR) is 127 cm³/mol.